The Morgan fingerprint density at radius 2 is 1.57 bits per heavy atom. The van der Waals surface area contributed by atoms with Crippen molar-refractivity contribution in [2.45, 2.75) is 6.18 Å². The van der Waals surface area contributed by atoms with Crippen molar-refractivity contribution in [1.82, 2.24) is 4.90 Å². The van der Waals surface area contributed by atoms with Crippen molar-refractivity contribution in [2.24, 2.45) is 0 Å². The van der Waals surface area contributed by atoms with E-state index in [0.29, 0.717) is 0 Å². The van der Waals surface area contributed by atoms with Crippen LogP contribution in [0.2, 0.25) is 0 Å². The molecule has 1 amide bonds. The first kappa shape index (κ1) is 19.6. The number of nitriles is 1. The lowest BCUT2D eigenvalue weighted by atomic mass is 10.1. The minimum Gasteiger partial charge on any atom is -0.363 e. The first-order valence-electron chi connectivity index (χ1n) is 8.32. The monoisotopic (exact) mass is 395 g/mol. The Morgan fingerprint density at radius 3 is 2.11 bits per heavy atom. The highest BCUT2D eigenvalue weighted by molar-refractivity contribution is 5.96. The molecule has 1 aliphatic rings. The van der Waals surface area contributed by atoms with Crippen LogP contribution in [0.25, 0.3) is 0 Å². The summed E-state index contributed by atoms with van der Waals surface area (Å²) < 4.78 is 67.7. The fourth-order valence-corrected chi connectivity index (χ4v) is 3.15. The van der Waals surface area contributed by atoms with Crippen LogP contribution < -0.4 is 4.90 Å². The maximum absolute atomic E-state index is 14.1. The number of piperazine rings is 1. The van der Waals surface area contributed by atoms with Crippen LogP contribution in [0.15, 0.2) is 36.4 Å². The number of rotatable bonds is 2. The average Bonchev–Trinajstić information content (AvgIpc) is 2.66. The van der Waals surface area contributed by atoms with Gasteiger partial charge in [0.2, 0.25) is 0 Å². The third-order valence-corrected chi connectivity index (χ3v) is 4.49. The van der Waals surface area contributed by atoms with Crippen molar-refractivity contribution in [3.63, 3.8) is 0 Å². The summed E-state index contributed by atoms with van der Waals surface area (Å²) in [6.45, 7) is 0.0904. The van der Waals surface area contributed by atoms with Gasteiger partial charge in [0.15, 0.2) is 11.6 Å². The van der Waals surface area contributed by atoms with Crippen LogP contribution in [0.4, 0.5) is 27.6 Å². The smallest absolute Gasteiger partial charge is 0.363 e. The predicted octanol–water partition coefficient (Wildman–Crippen LogP) is 3.82. The Morgan fingerprint density at radius 1 is 1.00 bits per heavy atom. The first-order valence-corrected chi connectivity index (χ1v) is 8.32. The number of nitrogens with zero attached hydrogens (tertiary/aromatic N) is 3. The molecule has 2 aromatic carbocycles. The van der Waals surface area contributed by atoms with Crippen molar-refractivity contribution >= 4 is 11.6 Å². The van der Waals surface area contributed by atoms with E-state index >= 15 is 0 Å². The van der Waals surface area contributed by atoms with Gasteiger partial charge in [-0.05, 0) is 24.3 Å². The van der Waals surface area contributed by atoms with E-state index < -0.39 is 34.8 Å². The summed E-state index contributed by atoms with van der Waals surface area (Å²) in [7, 11) is 0. The van der Waals surface area contributed by atoms with Gasteiger partial charge in [0, 0.05) is 26.2 Å². The molecule has 1 heterocycles. The second-order valence-electron chi connectivity index (χ2n) is 6.22. The second-order valence-corrected chi connectivity index (χ2v) is 6.22. The molecule has 28 heavy (non-hydrogen) atoms. The molecule has 0 atom stereocenters. The van der Waals surface area contributed by atoms with Crippen LogP contribution in [-0.4, -0.2) is 37.0 Å². The third-order valence-electron chi connectivity index (χ3n) is 4.49. The van der Waals surface area contributed by atoms with Gasteiger partial charge in [0.1, 0.15) is 5.69 Å². The topological polar surface area (TPSA) is 47.3 Å². The molecule has 9 heteroatoms. The molecule has 0 radical (unpaired) electrons. The lowest BCUT2D eigenvalue weighted by Crippen LogP contribution is -2.49. The van der Waals surface area contributed by atoms with E-state index in [0.717, 1.165) is 24.3 Å². The zero-order valence-electron chi connectivity index (χ0n) is 14.4. The summed E-state index contributed by atoms with van der Waals surface area (Å²) in [6.07, 6.45) is -4.66. The summed E-state index contributed by atoms with van der Waals surface area (Å²) in [5.74, 6) is -2.59. The van der Waals surface area contributed by atoms with Crippen LogP contribution in [0.3, 0.4) is 0 Å². The largest absolute Gasteiger partial charge is 0.417 e. The minimum atomic E-state index is -4.66. The lowest BCUT2D eigenvalue weighted by Gasteiger charge is -2.36. The molecule has 2 aromatic rings. The molecular formula is C19H14F5N3O. The molecule has 1 fully saturated rings. The number of hydrogen-bond donors (Lipinski definition) is 0. The normalized spacial score (nSPS) is 14.7. The van der Waals surface area contributed by atoms with Crippen LogP contribution in [0.5, 0.6) is 0 Å². The number of alkyl halides is 3. The van der Waals surface area contributed by atoms with E-state index in [4.69, 9.17) is 5.26 Å². The van der Waals surface area contributed by atoms with E-state index in [9.17, 15) is 26.7 Å². The molecule has 0 aromatic heterocycles. The quantitative estimate of drug-likeness (QED) is 0.727. The Labute approximate surface area is 157 Å². The Balaban J connectivity index is 1.77. The molecule has 1 aliphatic heterocycles. The molecular weight excluding hydrogens is 381 g/mol. The zero-order valence-corrected chi connectivity index (χ0v) is 14.4. The number of hydrogen-bond acceptors (Lipinski definition) is 3. The van der Waals surface area contributed by atoms with Crippen LogP contribution >= 0.6 is 0 Å². The lowest BCUT2D eigenvalue weighted by molar-refractivity contribution is -0.138. The van der Waals surface area contributed by atoms with E-state index in [1.165, 1.54) is 21.9 Å². The standard InChI is InChI=1S/C19H14F5N3O/c20-15-9-12(11-25)10-16(21)17(15)26-5-7-27(8-6-26)18(28)13-3-1-2-4-14(13)19(22,23)24/h1-4,9-10H,5-8H2. The maximum atomic E-state index is 14.1. The highest BCUT2D eigenvalue weighted by Gasteiger charge is 2.36. The molecule has 1 saturated heterocycles. The first-order chi connectivity index (χ1) is 13.2. The van der Waals surface area contributed by atoms with Crippen LogP contribution in [0.1, 0.15) is 21.5 Å². The number of carbonyl (C=O) groups excluding carboxylic acids is 1. The van der Waals surface area contributed by atoms with Crippen molar-refractivity contribution in [1.29, 1.82) is 5.26 Å². The molecule has 0 unspecified atom stereocenters. The van der Waals surface area contributed by atoms with Gasteiger partial charge in [-0.15, -0.1) is 0 Å². The Hall–Kier alpha value is -3.15. The van der Waals surface area contributed by atoms with Crippen LogP contribution in [-0.2, 0) is 6.18 Å². The second kappa shape index (κ2) is 7.46. The van der Waals surface area contributed by atoms with Gasteiger partial charge in [-0.3, -0.25) is 4.79 Å². The predicted molar refractivity (Wildman–Crippen MR) is 90.6 cm³/mol. The molecule has 3 rings (SSSR count). The SMILES string of the molecule is N#Cc1cc(F)c(N2CCN(C(=O)c3ccccc3C(F)(F)F)CC2)c(F)c1. The number of benzene rings is 2. The van der Waals surface area contributed by atoms with E-state index in [1.807, 2.05) is 0 Å². The Bertz CT molecular complexity index is 920. The average molecular weight is 395 g/mol. The summed E-state index contributed by atoms with van der Waals surface area (Å²) in [5, 5.41) is 8.75. The summed E-state index contributed by atoms with van der Waals surface area (Å²) >= 11 is 0. The number of amides is 1. The molecule has 0 spiro atoms. The van der Waals surface area contributed by atoms with Gasteiger partial charge in [0.25, 0.3) is 5.91 Å². The molecule has 0 saturated carbocycles. The highest BCUT2D eigenvalue weighted by atomic mass is 19.4. The third kappa shape index (κ3) is 3.76. The molecule has 0 bridgehead atoms. The van der Waals surface area contributed by atoms with E-state index in [-0.39, 0.29) is 37.4 Å². The van der Waals surface area contributed by atoms with Gasteiger partial charge in [-0.1, -0.05) is 12.1 Å². The van der Waals surface area contributed by atoms with Gasteiger partial charge in [0.05, 0.1) is 22.8 Å². The highest BCUT2D eigenvalue weighted by Crippen LogP contribution is 2.33. The van der Waals surface area contributed by atoms with Crippen molar-refractivity contribution in [3.05, 3.63) is 64.7 Å². The minimum absolute atomic E-state index is 0.00388. The van der Waals surface area contributed by atoms with Crippen molar-refractivity contribution in [2.75, 3.05) is 31.1 Å². The summed E-state index contributed by atoms with van der Waals surface area (Å²) in [6, 6.07) is 7.97. The molecule has 0 N–H and O–H groups in total. The summed E-state index contributed by atoms with van der Waals surface area (Å²) in [5.41, 5.74) is -1.95. The van der Waals surface area contributed by atoms with Crippen LogP contribution in [0, 0.1) is 23.0 Å². The number of halogens is 5. The van der Waals surface area contributed by atoms with Crippen molar-refractivity contribution in [3.8, 4) is 6.07 Å². The molecule has 4 nitrogen and oxygen atoms in total. The number of carbonyl (C=O) groups is 1. The fraction of sp³-hybridized carbons (Fsp3) is 0.263. The van der Waals surface area contributed by atoms with Gasteiger partial charge < -0.3 is 9.80 Å². The number of anilines is 1. The van der Waals surface area contributed by atoms with Crippen molar-refractivity contribution < 1.29 is 26.7 Å². The van der Waals surface area contributed by atoms with Gasteiger partial charge >= 0.3 is 6.18 Å². The van der Waals surface area contributed by atoms with Gasteiger partial charge in [-0.25, -0.2) is 8.78 Å². The zero-order chi connectivity index (χ0) is 20.5. The molecule has 0 aliphatic carbocycles. The van der Waals surface area contributed by atoms with E-state index in [1.54, 1.807) is 6.07 Å². The fourth-order valence-electron chi connectivity index (χ4n) is 3.15. The maximum Gasteiger partial charge on any atom is 0.417 e. The summed E-state index contributed by atoms with van der Waals surface area (Å²) in [4.78, 5) is 15.1. The van der Waals surface area contributed by atoms with E-state index in [2.05, 4.69) is 0 Å². The molecule has 146 valence electrons. The van der Waals surface area contributed by atoms with Gasteiger partial charge in [-0.2, -0.15) is 18.4 Å². The Kier molecular flexibility index (Phi) is 5.23.